The van der Waals surface area contributed by atoms with E-state index in [-0.39, 0.29) is 24.6 Å². The number of carbonyl (C=O) groups is 1. The molecule has 0 aromatic heterocycles. The van der Waals surface area contributed by atoms with Crippen molar-refractivity contribution in [2.24, 2.45) is 0 Å². The first-order valence-electron chi connectivity index (χ1n) is 7.81. The van der Waals surface area contributed by atoms with Crippen LogP contribution in [0, 0.1) is 12.7 Å². The van der Waals surface area contributed by atoms with Crippen LogP contribution in [0.4, 0.5) is 10.1 Å². The Morgan fingerprint density at radius 1 is 1.16 bits per heavy atom. The fourth-order valence-electron chi connectivity index (χ4n) is 2.32. The van der Waals surface area contributed by atoms with Gasteiger partial charge in [-0.1, -0.05) is 35.9 Å². The minimum Gasteiger partial charge on any atom is -0.352 e. The second-order valence-electron chi connectivity index (χ2n) is 5.83. The van der Waals surface area contributed by atoms with Crippen molar-refractivity contribution in [2.75, 3.05) is 17.1 Å². The molecule has 1 amide bonds. The van der Waals surface area contributed by atoms with Gasteiger partial charge < -0.3 is 5.32 Å². The van der Waals surface area contributed by atoms with Crippen LogP contribution in [0.15, 0.2) is 48.5 Å². The van der Waals surface area contributed by atoms with Gasteiger partial charge >= 0.3 is 0 Å². The monoisotopic (exact) mass is 364 g/mol. The van der Waals surface area contributed by atoms with Crippen molar-refractivity contribution in [3.05, 3.63) is 65.5 Å². The fraction of sp³-hybridized carbons (Fsp3) is 0.278. The lowest BCUT2D eigenvalue weighted by atomic mass is 10.1. The number of anilines is 1. The number of hydrogen-bond donors (Lipinski definition) is 1. The van der Waals surface area contributed by atoms with Crippen molar-refractivity contribution in [3.63, 3.8) is 0 Å². The summed E-state index contributed by atoms with van der Waals surface area (Å²) >= 11 is 0. The van der Waals surface area contributed by atoms with E-state index in [0.717, 1.165) is 27.8 Å². The third kappa shape index (κ3) is 5.86. The number of sulfonamides is 1. The molecule has 0 saturated carbocycles. The Labute approximate surface area is 147 Å². The quantitative estimate of drug-likeness (QED) is 0.821. The third-order valence-electron chi connectivity index (χ3n) is 3.65. The minimum absolute atomic E-state index is 0.0184. The lowest BCUT2D eigenvalue weighted by Gasteiger charge is -2.22. The predicted molar refractivity (Wildman–Crippen MR) is 96.2 cm³/mol. The summed E-state index contributed by atoms with van der Waals surface area (Å²) in [4.78, 5) is 12.0. The number of nitrogens with one attached hydrogen (secondary N) is 1. The lowest BCUT2D eigenvalue weighted by Crippen LogP contribution is -2.34. The van der Waals surface area contributed by atoms with Crippen LogP contribution in [0.25, 0.3) is 0 Å². The van der Waals surface area contributed by atoms with E-state index in [4.69, 9.17) is 0 Å². The standard InChI is InChI=1S/C18H21FN2O3S/c1-14-6-8-15(9-7-14)13-20-18(22)10-11-21(25(2,23)24)17-5-3-4-16(19)12-17/h3-9,12H,10-11,13H2,1-2H3,(H,20,22). The number of amides is 1. The number of carbonyl (C=O) groups excluding carboxylic acids is 1. The van der Waals surface area contributed by atoms with Gasteiger partial charge in [0.1, 0.15) is 5.82 Å². The molecule has 2 aromatic carbocycles. The van der Waals surface area contributed by atoms with Crippen LogP contribution in [0.1, 0.15) is 17.5 Å². The van der Waals surface area contributed by atoms with E-state index in [1.165, 1.54) is 18.2 Å². The average molecular weight is 364 g/mol. The Hall–Kier alpha value is -2.41. The van der Waals surface area contributed by atoms with E-state index >= 15 is 0 Å². The first kappa shape index (κ1) is 18.9. The van der Waals surface area contributed by atoms with Gasteiger partial charge in [0.25, 0.3) is 0 Å². The number of rotatable bonds is 7. The van der Waals surface area contributed by atoms with Crippen molar-refractivity contribution in [2.45, 2.75) is 19.9 Å². The van der Waals surface area contributed by atoms with E-state index in [9.17, 15) is 17.6 Å². The molecule has 2 rings (SSSR count). The van der Waals surface area contributed by atoms with Crippen LogP contribution in [0.5, 0.6) is 0 Å². The molecule has 0 fully saturated rings. The zero-order valence-electron chi connectivity index (χ0n) is 14.2. The zero-order chi connectivity index (χ0) is 18.4. The van der Waals surface area contributed by atoms with Crippen molar-refractivity contribution >= 4 is 21.6 Å². The van der Waals surface area contributed by atoms with Gasteiger partial charge in [0.15, 0.2) is 0 Å². The second kappa shape index (κ2) is 8.11. The normalized spacial score (nSPS) is 11.2. The maximum absolute atomic E-state index is 13.4. The van der Waals surface area contributed by atoms with E-state index in [1.54, 1.807) is 0 Å². The topological polar surface area (TPSA) is 66.5 Å². The van der Waals surface area contributed by atoms with Gasteiger partial charge in [0.05, 0.1) is 11.9 Å². The zero-order valence-corrected chi connectivity index (χ0v) is 15.0. The number of halogens is 1. The van der Waals surface area contributed by atoms with Crippen LogP contribution in [-0.4, -0.2) is 27.1 Å². The third-order valence-corrected chi connectivity index (χ3v) is 4.84. The van der Waals surface area contributed by atoms with Crippen molar-refractivity contribution in [1.82, 2.24) is 5.32 Å². The highest BCUT2D eigenvalue weighted by Gasteiger charge is 2.19. The number of hydrogen-bond acceptors (Lipinski definition) is 3. The highest BCUT2D eigenvalue weighted by atomic mass is 32.2. The molecular formula is C18H21FN2O3S. The largest absolute Gasteiger partial charge is 0.352 e. The molecule has 0 aliphatic rings. The summed E-state index contributed by atoms with van der Waals surface area (Å²) in [6, 6.07) is 13.0. The van der Waals surface area contributed by atoms with Crippen molar-refractivity contribution in [1.29, 1.82) is 0 Å². The Kier molecular flexibility index (Phi) is 6.14. The highest BCUT2D eigenvalue weighted by molar-refractivity contribution is 7.92. The van der Waals surface area contributed by atoms with E-state index in [0.29, 0.717) is 6.54 Å². The minimum atomic E-state index is -3.62. The molecule has 0 radical (unpaired) electrons. The highest BCUT2D eigenvalue weighted by Crippen LogP contribution is 2.18. The van der Waals surface area contributed by atoms with Gasteiger partial charge in [-0.3, -0.25) is 9.10 Å². The summed E-state index contributed by atoms with van der Waals surface area (Å²) in [6.07, 6.45) is 1.01. The van der Waals surface area contributed by atoms with Crippen LogP contribution < -0.4 is 9.62 Å². The summed E-state index contributed by atoms with van der Waals surface area (Å²) < 4.78 is 38.3. The Morgan fingerprint density at radius 3 is 2.44 bits per heavy atom. The molecule has 0 heterocycles. The molecule has 0 bridgehead atoms. The molecule has 0 saturated heterocycles. The van der Waals surface area contributed by atoms with Crippen LogP contribution in [0.2, 0.25) is 0 Å². The molecule has 1 N–H and O–H groups in total. The second-order valence-corrected chi connectivity index (χ2v) is 7.73. The van der Waals surface area contributed by atoms with Crippen LogP contribution >= 0.6 is 0 Å². The average Bonchev–Trinajstić information content (AvgIpc) is 2.53. The Morgan fingerprint density at radius 2 is 1.84 bits per heavy atom. The van der Waals surface area contributed by atoms with Crippen LogP contribution in [-0.2, 0) is 21.4 Å². The maximum Gasteiger partial charge on any atom is 0.232 e. The van der Waals surface area contributed by atoms with E-state index in [2.05, 4.69) is 5.32 Å². The molecular weight excluding hydrogens is 343 g/mol. The summed E-state index contributed by atoms with van der Waals surface area (Å²) in [5.74, 6) is -0.805. The number of benzene rings is 2. The molecule has 25 heavy (non-hydrogen) atoms. The Bertz CT molecular complexity index is 836. The molecule has 0 unspecified atom stereocenters. The van der Waals surface area contributed by atoms with Gasteiger partial charge in [-0.25, -0.2) is 12.8 Å². The molecule has 0 aliphatic carbocycles. The molecule has 134 valence electrons. The number of aryl methyl sites for hydroxylation is 1. The van der Waals surface area contributed by atoms with Crippen LogP contribution in [0.3, 0.4) is 0 Å². The first-order chi connectivity index (χ1) is 11.8. The van der Waals surface area contributed by atoms with Gasteiger partial charge in [-0.2, -0.15) is 0 Å². The van der Waals surface area contributed by atoms with Gasteiger partial charge in [0.2, 0.25) is 15.9 Å². The summed E-state index contributed by atoms with van der Waals surface area (Å²) in [7, 11) is -3.62. The molecule has 0 spiro atoms. The molecule has 0 atom stereocenters. The first-order valence-corrected chi connectivity index (χ1v) is 9.66. The fourth-order valence-corrected chi connectivity index (χ4v) is 3.24. The Balaban J connectivity index is 1.96. The molecule has 7 heteroatoms. The predicted octanol–water partition coefficient (Wildman–Crippen LogP) is 2.61. The van der Waals surface area contributed by atoms with E-state index < -0.39 is 15.8 Å². The van der Waals surface area contributed by atoms with Gasteiger partial charge in [-0.15, -0.1) is 0 Å². The summed E-state index contributed by atoms with van der Waals surface area (Å²) in [5.41, 5.74) is 2.30. The SMILES string of the molecule is Cc1ccc(CNC(=O)CCN(c2cccc(F)c2)S(C)(=O)=O)cc1. The maximum atomic E-state index is 13.4. The number of nitrogens with zero attached hydrogens (tertiary/aromatic N) is 1. The van der Waals surface area contributed by atoms with Crippen molar-refractivity contribution in [3.8, 4) is 0 Å². The summed E-state index contributed by atoms with van der Waals surface area (Å²) in [6.45, 7) is 2.30. The van der Waals surface area contributed by atoms with E-state index in [1.807, 2.05) is 31.2 Å². The lowest BCUT2D eigenvalue weighted by molar-refractivity contribution is -0.121. The smallest absolute Gasteiger partial charge is 0.232 e. The molecule has 2 aromatic rings. The van der Waals surface area contributed by atoms with Crippen molar-refractivity contribution < 1.29 is 17.6 Å². The van der Waals surface area contributed by atoms with Gasteiger partial charge in [0, 0.05) is 19.5 Å². The summed E-state index contributed by atoms with van der Waals surface area (Å²) in [5, 5.41) is 2.75. The molecule has 0 aliphatic heterocycles. The van der Waals surface area contributed by atoms with Gasteiger partial charge in [-0.05, 0) is 30.7 Å². The molecule has 5 nitrogen and oxygen atoms in total.